The highest BCUT2D eigenvalue weighted by Gasteiger charge is 2.49. The van der Waals surface area contributed by atoms with Crippen molar-refractivity contribution in [3.8, 4) is 6.07 Å². The van der Waals surface area contributed by atoms with Crippen LogP contribution >= 0.6 is 12.2 Å². The van der Waals surface area contributed by atoms with Crippen molar-refractivity contribution >= 4 is 34.6 Å². The summed E-state index contributed by atoms with van der Waals surface area (Å²) in [5.41, 5.74) is -1.78. The van der Waals surface area contributed by atoms with Gasteiger partial charge >= 0.3 is 6.18 Å². The quantitative estimate of drug-likeness (QED) is 0.426. The molecule has 34 heavy (non-hydrogen) atoms. The molecule has 0 radical (unpaired) electrons. The minimum atomic E-state index is -4.78. The van der Waals surface area contributed by atoms with Crippen molar-refractivity contribution in [2.45, 2.75) is 32.1 Å². The Kier molecular flexibility index (Phi) is 5.73. The van der Waals surface area contributed by atoms with Crippen LogP contribution < -0.4 is 4.90 Å². The number of benzene rings is 2. The maximum atomic E-state index is 14.7. The van der Waals surface area contributed by atoms with Crippen LogP contribution in [0, 0.1) is 17.1 Å². The highest BCUT2D eigenvalue weighted by atomic mass is 32.1. The van der Waals surface area contributed by atoms with Gasteiger partial charge in [0, 0.05) is 12.1 Å². The van der Waals surface area contributed by atoms with Gasteiger partial charge in [-0.25, -0.2) is 4.39 Å². The molecule has 0 aliphatic carbocycles. The SMILES string of the molecule is CC1(C)C(=O)N(c2ccc(C#N)c(C(F)(F)F)c2)C(=S)N1Cc1ccc(C2=CCN=N2)c(F)c1. The van der Waals surface area contributed by atoms with Gasteiger partial charge in [-0.3, -0.25) is 9.69 Å². The van der Waals surface area contributed by atoms with Gasteiger partial charge in [-0.2, -0.15) is 28.7 Å². The largest absolute Gasteiger partial charge is 0.417 e. The Labute approximate surface area is 197 Å². The number of hydrogen-bond acceptors (Lipinski definition) is 5. The first-order valence-electron chi connectivity index (χ1n) is 10.1. The van der Waals surface area contributed by atoms with Crippen LogP contribution in [0.2, 0.25) is 0 Å². The zero-order chi connectivity index (χ0) is 24.8. The maximum absolute atomic E-state index is 14.7. The number of halogens is 4. The van der Waals surface area contributed by atoms with Crippen LogP contribution in [-0.4, -0.2) is 28.0 Å². The minimum absolute atomic E-state index is 0.0235. The van der Waals surface area contributed by atoms with Gasteiger partial charge in [0.05, 0.1) is 35.1 Å². The van der Waals surface area contributed by atoms with Crippen LogP contribution in [-0.2, 0) is 17.5 Å². The van der Waals surface area contributed by atoms with Crippen molar-refractivity contribution in [1.82, 2.24) is 4.90 Å². The first-order chi connectivity index (χ1) is 15.9. The summed E-state index contributed by atoms with van der Waals surface area (Å²) in [6.07, 6.45) is -3.09. The number of nitriles is 1. The second kappa shape index (κ2) is 8.29. The minimum Gasteiger partial charge on any atom is -0.330 e. The number of anilines is 1. The van der Waals surface area contributed by atoms with Crippen LogP contribution in [0.5, 0.6) is 0 Å². The van der Waals surface area contributed by atoms with E-state index in [1.54, 1.807) is 32.1 Å². The molecule has 0 unspecified atom stereocenters. The van der Waals surface area contributed by atoms with Crippen LogP contribution in [0.4, 0.5) is 23.2 Å². The van der Waals surface area contributed by atoms with Crippen LogP contribution in [0.15, 0.2) is 52.7 Å². The van der Waals surface area contributed by atoms with Gasteiger partial charge in [0.1, 0.15) is 11.4 Å². The number of rotatable bonds is 4. The topological polar surface area (TPSA) is 72.1 Å². The monoisotopic (exact) mass is 487 g/mol. The molecule has 174 valence electrons. The summed E-state index contributed by atoms with van der Waals surface area (Å²) in [4.78, 5) is 15.7. The summed E-state index contributed by atoms with van der Waals surface area (Å²) in [5, 5.41) is 16.7. The molecule has 2 aromatic carbocycles. The number of amides is 1. The van der Waals surface area contributed by atoms with Gasteiger partial charge in [-0.15, -0.1) is 0 Å². The van der Waals surface area contributed by atoms with E-state index in [1.165, 1.54) is 23.1 Å². The predicted octanol–water partition coefficient (Wildman–Crippen LogP) is 5.44. The summed E-state index contributed by atoms with van der Waals surface area (Å²) >= 11 is 5.47. The van der Waals surface area contributed by atoms with E-state index in [0.29, 0.717) is 23.4 Å². The van der Waals surface area contributed by atoms with Crippen molar-refractivity contribution in [3.05, 3.63) is 70.5 Å². The molecule has 11 heteroatoms. The zero-order valence-electron chi connectivity index (χ0n) is 18.0. The molecule has 4 rings (SSSR count). The molecule has 1 fully saturated rings. The van der Waals surface area contributed by atoms with E-state index in [-0.39, 0.29) is 17.3 Å². The summed E-state index contributed by atoms with van der Waals surface area (Å²) in [6, 6.07) is 9.03. The Hall–Kier alpha value is -3.65. The van der Waals surface area contributed by atoms with E-state index in [4.69, 9.17) is 17.5 Å². The summed E-state index contributed by atoms with van der Waals surface area (Å²) < 4.78 is 55.0. The lowest BCUT2D eigenvalue weighted by Gasteiger charge is -2.29. The molecule has 2 aromatic rings. The van der Waals surface area contributed by atoms with Gasteiger partial charge in [-0.05, 0) is 68.0 Å². The van der Waals surface area contributed by atoms with Crippen LogP contribution in [0.3, 0.4) is 0 Å². The molecule has 0 bridgehead atoms. The van der Waals surface area contributed by atoms with E-state index in [0.717, 1.165) is 17.0 Å². The third-order valence-electron chi connectivity index (χ3n) is 5.71. The average Bonchev–Trinajstić information content (AvgIpc) is 3.35. The number of nitrogens with zero attached hydrogens (tertiary/aromatic N) is 5. The normalized spacial score (nSPS) is 17.4. The Morgan fingerprint density at radius 1 is 1.21 bits per heavy atom. The molecule has 2 aliphatic rings. The molecule has 0 atom stereocenters. The lowest BCUT2D eigenvalue weighted by atomic mass is 10.0. The van der Waals surface area contributed by atoms with Gasteiger partial charge in [0.25, 0.3) is 5.91 Å². The van der Waals surface area contributed by atoms with Crippen molar-refractivity contribution in [3.63, 3.8) is 0 Å². The Balaban J connectivity index is 1.66. The summed E-state index contributed by atoms with van der Waals surface area (Å²) in [7, 11) is 0. The Bertz CT molecular complexity index is 1310. The number of carbonyl (C=O) groups is 1. The van der Waals surface area contributed by atoms with Gasteiger partial charge in [-0.1, -0.05) is 6.07 Å². The highest BCUT2D eigenvalue weighted by molar-refractivity contribution is 7.80. The number of azo groups is 1. The summed E-state index contributed by atoms with van der Waals surface area (Å²) in [6.45, 7) is 3.61. The Morgan fingerprint density at radius 2 is 1.94 bits per heavy atom. The second-order valence-corrected chi connectivity index (χ2v) is 8.60. The molecule has 1 amide bonds. The van der Waals surface area contributed by atoms with Crippen molar-refractivity contribution in [2.75, 3.05) is 11.4 Å². The molecule has 2 heterocycles. The number of hydrogen-bond donors (Lipinski definition) is 0. The second-order valence-electron chi connectivity index (χ2n) is 8.24. The molecule has 0 N–H and O–H groups in total. The van der Waals surface area contributed by atoms with Crippen LogP contribution in [0.1, 0.15) is 36.1 Å². The lowest BCUT2D eigenvalue weighted by Crippen LogP contribution is -2.43. The molecule has 0 aromatic heterocycles. The molecular weight excluding hydrogens is 470 g/mol. The fraction of sp³-hybridized carbons (Fsp3) is 0.261. The fourth-order valence-electron chi connectivity index (χ4n) is 3.83. The number of thiocarbonyl (C=S) groups is 1. The zero-order valence-corrected chi connectivity index (χ0v) is 18.8. The van der Waals surface area contributed by atoms with E-state index >= 15 is 0 Å². The smallest absolute Gasteiger partial charge is 0.330 e. The van der Waals surface area contributed by atoms with Gasteiger partial charge in [0.2, 0.25) is 0 Å². The number of alkyl halides is 3. The maximum Gasteiger partial charge on any atom is 0.417 e. The third kappa shape index (κ3) is 3.94. The molecule has 0 spiro atoms. The number of carbonyl (C=O) groups excluding carboxylic acids is 1. The standard InChI is InChI=1S/C23H17F4N5OS/c1-22(2)20(33)32(15-5-4-14(11-28)17(10-15)23(25,26)27)21(34)31(22)12-13-3-6-16(18(24)9-13)19-7-8-29-30-19/h3-7,9-10H,8,12H2,1-2H3. The summed E-state index contributed by atoms with van der Waals surface area (Å²) in [5.74, 6) is -1.05. The molecule has 0 saturated carbocycles. The van der Waals surface area contributed by atoms with Crippen molar-refractivity contribution in [1.29, 1.82) is 5.26 Å². The first-order valence-corrected chi connectivity index (χ1v) is 10.5. The van der Waals surface area contributed by atoms with Crippen LogP contribution in [0.25, 0.3) is 5.70 Å². The van der Waals surface area contributed by atoms with Gasteiger partial charge < -0.3 is 4.90 Å². The highest BCUT2D eigenvalue weighted by Crippen LogP contribution is 2.38. The molecule has 6 nitrogen and oxygen atoms in total. The molecule has 2 aliphatic heterocycles. The molecular formula is C23H17F4N5OS. The van der Waals surface area contributed by atoms with E-state index < -0.39 is 34.6 Å². The first kappa shape index (κ1) is 23.5. The van der Waals surface area contributed by atoms with Crippen molar-refractivity contribution < 1.29 is 22.4 Å². The molecule has 1 saturated heterocycles. The van der Waals surface area contributed by atoms with E-state index in [9.17, 15) is 22.4 Å². The van der Waals surface area contributed by atoms with E-state index in [2.05, 4.69) is 10.2 Å². The fourth-order valence-corrected chi connectivity index (χ4v) is 4.31. The lowest BCUT2D eigenvalue weighted by molar-refractivity contribution is -0.137. The predicted molar refractivity (Wildman–Crippen MR) is 120 cm³/mol. The van der Waals surface area contributed by atoms with E-state index in [1.807, 2.05) is 0 Å². The van der Waals surface area contributed by atoms with Crippen molar-refractivity contribution in [2.24, 2.45) is 10.2 Å². The average molecular weight is 487 g/mol. The Morgan fingerprint density at radius 3 is 2.53 bits per heavy atom. The van der Waals surface area contributed by atoms with Gasteiger partial charge in [0.15, 0.2) is 5.11 Å². The third-order valence-corrected chi connectivity index (χ3v) is 6.11.